The average Bonchev–Trinajstić information content (AvgIpc) is 1.67. The zero-order valence-electron chi connectivity index (χ0n) is 4.92. The van der Waals surface area contributed by atoms with Crippen molar-refractivity contribution >= 4 is 51.4 Å². The fraction of sp³-hybridized carbons (Fsp3) is 1.00. The number of halogens is 3. The Morgan fingerprint density at radius 3 is 1.88 bits per heavy atom. The highest BCUT2D eigenvalue weighted by Crippen LogP contribution is 2.30. The Balaban J connectivity index is 3.71. The van der Waals surface area contributed by atoms with Crippen LogP contribution in [0.25, 0.3) is 0 Å². The molecule has 0 aromatic rings. The first kappa shape index (κ1) is 9.53. The van der Waals surface area contributed by atoms with Crippen molar-refractivity contribution < 1.29 is 0 Å². The molecule has 0 aliphatic carbocycles. The van der Waals surface area contributed by atoms with E-state index in [0.717, 1.165) is 4.05 Å². The normalized spacial score (nSPS) is 12.8. The summed E-state index contributed by atoms with van der Waals surface area (Å²) in [6.07, 6.45) is 0. The van der Waals surface area contributed by atoms with Crippen molar-refractivity contribution in [3.8, 4) is 0 Å². The van der Waals surface area contributed by atoms with Gasteiger partial charge in [-0.25, -0.2) is 0 Å². The van der Waals surface area contributed by atoms with E-state index in [1.165, 1.54) is 0 Å². The van der Waals surface area contributed by atoms with Crippen molar-refractivity contribution in [1.29, 1.82) is 0 Å². The molecule has 8 heavy (non-hydrogen) atoms. The van der Waals surface area contributed by atoms with Crippen molar-refractivity contribution in [1.82, 2.24) is 0 Å². The Hall–Kier alpha value is 1.53. The lowest BCUT2D eigenvalue weighted by atomic mass is 10.6. The van der Waals surface area contributed by atoms with E-state index < -0.39 is 6.69 Å². The molecule has 0 amide bonds. The quantitative estimate of drug-likeness (QED) is 0.316. The molecular weight excluding hydrogens is 274 g/mol. The van der Waals surface area contributed by atoms with Crippen LogP contribution in [0.1, 0.15) is 13.8 Å². The zero-order valence-corrected chi connectivity index (χ0v) is 9.59. The molecule has 0 saturated carbocycles. The van der Waals surface area contributed by atoms with Gasteiger partial charge < -0.3 is 0 Å². The van der Waals surface area contributed by atoms with Crippen LogP contribution in [0, 0.1) is 0 Å². The molecule has 50 valence electrons. The van der Waals surface area contributed by atoms with Crippen molar-refractivity contribution in [3.05, 3.63) is 0 Å². The largest absolute Gasteiger partial charge is 0.263 e. The van der Waals surface area contributed by atoms with Crippen molar-refractivity contribution in [2.75, 3.05) is 4.05 Å². The third kappa shape index (κ3) is 2.89. The van der Waals surface area contributed by atoms with Crippen molar-refractivity contribution in [3.63, 3.8) is 0 Å². The number of hydrogen-bond donors (Lipinski definition) is 0. The van der Waals surface area contributed by atoms with E-state index >= 15 is 0 Å². The molecule has 4 heteroatoms. The minimum absolute atomic E-state index is 0.475. The first-order valence-electron chi connectivity index (χ1n) is 2.44. The van der Waals surface area contributed by atoms with E-state index in [1.54, 1.807) is 0 Å². The van der Waals surface area contributed by atoms with E-state index in [0.29, 0.717) is 5.54 Å². The van der Waals surface area contributed by atoms with E-state index in [4.69, 9.17) is 22.2 Å². The van der Waals surface area contributed by atoms with Crippen molar-refractivity contribution in [2.24, 2.45) is 0 Å². The molecule has 0 N–H and O–H groups in total. The summed E-state index contributed by atoms with van der Waals surface area (Å²) in [5.74, 6) is 0. The van der Waals surface area contributed by atoms with Crippen LogP contribution in [-0.2, 0) is 0 Å². The molecule has 0 aromatic carbocycles. The third-order valence-electron chi connectivity index (χ3n) is 1.02. The lowest BCUT2D eigenvalue weighted by Gasteiger charge is -2.16. The minimum Gasteiger partial charge on any atom is -0.145 e. The molecule has 0 fully saturated rings. The fourth-order valence-electron chi connectivity index (χ4n) is 0.154. The van der Waals surface area contributed by atoms with Gasteiger partial charge in [-0.2, -0.15) is 0 Å². The van der Waals surface area contributed by atoms with Gasteiger partial charge in [-0.3, -0.25) is 0 Å². The van der Waals surface area contributed by atoms with Gasteiger partial charge >= 0.3 is 0 Å². The van der Waals surface area contributed by atoms with Gasteiger partial charge in [0.2, 0.25) is 0 Å². The molecule has 0 saturated heterocycles. The maximum Gasteiger partial charge on any atom is 0.263 e. The molecule has 0 spiro atoms. The number of hydrogen-bond acceptors (Lipinski definition) is 0. The van der Waals surface area contributed by atoms with Crippen LogP contribution in [-0.4, -0.2) is 10.7 Å². The zero-order chi connectivity index (χ0) is 6.78. The highest BCUT2D eigenvalue weighted by atomic mass is 127. The minimum atomic E-state index is -1.82. The highest BCUT2D eigenvalue weighted by Gasteiger charge is 2.30. The predicted octanol–water partition coefficient (Wildman–Crippen LogP) is 3.29. The fourth-order valence-corrected chi connectivity index (χ4v) is 3.11. The van der Waals surface area contributed by atoms with E-state index in [-0.39, 0.29) is 0 Å². The van der Waals surface area contributed by atoms with Gasteiger partial charge in [-0.1, -0.05) is 36.4 Å². The second kappa shape index (κ2) is 3.64. The Labute approximate surface area is 74.5 Å². The summed E-state index contributed by atoms with van der Waals surface area (Å²) in [6, 6.07) is 0. The van der Waals surface area contributed by atoms with Gasteiger partial charge in [0.15, 0.2) is 0 Å². The van der Waals surface area contributed by atoms with Crippen LogP contribution in [0.3, 0.4) is 0 Å². The second-order valence-corrected chi connectivity index (χ2v) is 11.9. The molecule has 0 nitrogen and oxygen atoms in total. The summed E-state index contributed by atoms with van der Waals surface area (Å²) in [5.41, 5.74) is 0.475. The van der Waals surface area contributed by atoms with Gasteiger partial charge in [0.05, 0.1) is 0 Å². The molecule has 0 radical (unpaired) electrons. The smallest absolute Gasteiger partial charge is 0.145 e. The molecule has 0 heterocycles. The summed E-state index contributed by atoms with van der Waals surface area (Å²) in [6.45, 7) is 2.33. The first-order chi connectivity index (χ1) is 3.50. The predicted molar refractivity (Wildman–Crippen MR) is 51.4 cm³/mol. The van der Waals surface area contributed by atoms with Crippen LogP contribution in [0.2, 0.25) is 5.54 Å². The molecule has 0 bridgehead atoms. The Morgan fingerprint density at radius 1 is 1.50 bits per heavy atom. The van der Waals surface area contributed by atoms with Crippen LogP contribution in [0.4, 0.5) is 0 Å². The summed E-state index contributed by atoms with van der Waals surface area (Å²) in [7, 11) is 0. The molecule has 0 aliphatic heterocycles. The van der Waals surface area contributed by atoms with E-state index in [2.05, 4.69) is 36.4 Å². The van der Waals surface area contributed by atoms with Crippen LogP contribution in [0.15, 0.2) is 0 Å². The van der Waals surface area contributed by atoms with Crippen LogP contribution < -0.4 is 0 Å². The Bertz CT molecular complexity index is 74.4. The SMILES string of the molecule is CC(C)[Si](Cl)(Cl)CI. The van der Waals surface area contributed by atoms with Crippen molar-refractivity contribution in [2.45, 2.75) is 19.4 Å². The number of rotatable bonds is 2. The summed E-state index contributed by atoms with van der Waals surface area (Å²) < 4.78 is 0.922. The lowest BCUT2D eigenvalue weighted by Crippen LogP contribution is -2.25. The van der Waals surface area contributed by atoms with Gasteiger partial charge in [-0.05, 0) is 5.54 Å². The third-order valence-corrected chi connectivity index (χ3v) is 12.8. The maximum atomic E-state index is 5.95. The van der Waals surface area contributed by atoms with Gasteiger partial charge in [0, 0.05) is 4.05 Å². The van der Waals surface area contributed by atoms with E-state index in [1.807, 2.05) is 0 Å². The Morgan fingerprint density at radius 2 is 1.88 bits per heavy atom. The monoisotopic (exact) mass is 282 g/mol. The summed E-state index contributed by atoms with van der Waals surface area (Å²) >= 11 is 14.1. The molecule has 0 aliphatic rings. The molecule has 0 atom stereocenters. The molecule has 0 aromatic heterocycles. The molecular formula is C4H9Cl2ISi. The lowest BCUT2D eigenvalue weighted by molar-refractivity contribution is 1.05. The molecule has 0 unspecified atom stereocenters. The number of alkyl halides is 1. The summed E-state index contributed by atoms with van der Waals surface area (Å²) in [4.78, 5) is 0. The van der Waals surface area contributed by atoms with Crippen LogP contribution in [0.5, 0.6) is 0 Å². The average molecular weight is 283 g/mol. The van der Waals surface area contributed by atoms with Gasteiger partial charge in [-0.15, -0.1) is 22.2 Å². The second-order valence-electron chi connectivity index (χ2n) is 2.05. The standard InChI is InChI=1S/C4H9Cl2ISi/c1-4(2)8(5,6)3-7/h4H,3H2,1-2H3. The van der Waals surface area contributed by atoms with Crippen LogP contribution >= 0.6 is 44.7 Å². The first-order valence-corrected chi connectivity index (χ1v) is 8.28. The van der Waals surface area contributed by atoms with Gasteiger partial charge in [0.1, 0.15) is 0 Å². The van der Waals surface area contributed by atoms with E-state index in [9.17, 15) is 0 Å². The summed E-state index contributed by atoms with van der Waals surface area (Å²) in [5, 5.41) is 0. The maximum absolute atomic E-state index is 5.95. The molecule has 0 rings (SSSR count). The van der Waals surface area contributed by atoms with Gasteiger partial charge in [0.25, 0.3) is 6.69 Å². The highest BCUT2D eigenvalue weighted by molar-refractivity contribution is 14.1. The Kier molecular flexibility index (Phi) is 4.33. The topological polar surface area (TPSA) is 0 Å².